The van der Waals surface area contributed by atoms with Gasteiger partial charge >= 0.3 is 0 Å². The van der Waals surface area contributed by atoms with Crippen LogP contribution >= 0.6 is 23.4 Å². The molecular weight excluding hydrogens is 353 g/mol. The number of benzene rings is 1. The summed E-state index contributed by atoms with van der Waals surface area (Å²) in [5, 5.41) is 5.22. The Morgan fingerprint density at radius 3 is 2.88 bits per heavy atom. The summed E-state index contributed by atoms with van der Waals surface area (Å²) in [5.74, 6) is -0.112. The topological polar surface area (TPSA) is 65.1 Å². The molecule has 3 aromatic heterocycles. The lowest BCUT2D eigenvalue weighted by atomic mass is 10.2. The lowest BCUT2D eigenvalue weighted by Gasteiger charge is -2.08. The summed E-state index contributed by atoms with van der Waals surface area (Å²) >= 11 is 7.20. The van der Waals surface area contributed by atoms with Crippen molar-refractivity contribution >= 4 is 40.0 Å². The van der Waals surface area contributed by atoms with Crippen LogP contribution in [0.2, 0.25) is 5.02 Å². The van der Waals surface area contributed by atoms with E-state index in [9.17, 15) is 9.18 Å². The van der Waals surface area contributed by atoms with Crippen molar-refractivity contribution in [3.05, 3.63) is 57.9 Å². The minimum Gasteiger partial charge on any atom is -0.284 e. The maximum absolute atomic E-state index is 13.3. The molecule has 24 heavy (non-hydrogen) atoms. The molecule has 4 rings (SSSR count). The van der Waals surface area contributed by atoms with Gasteiger partial charge in [0.2, 0.25) is 5.16 Å². The lowest BCUT2D eigenvalue weighted by Crippen LogP contribution is -2.19. The van der Waals surface area contributed by atoms with Gasteiger partial charge in [0.15, 0.2) is 0 Å². The van der Waals surface area contributed by atoms with Gasteiger partial charge in [-0.15, -0.1) is 5.10 Å². The highest BCUT2D eigenvalue weighted by molar-refractivity contribution is 7.98. The number of fused-ring (bicyclic) bond motifs is 3. The van der Waals surface area contributed by atoms with Gasteiger partial charge in [-0.1, -0.05) is 23.4 Å². The van der Waals surface area contributed by atoms with E-state index in [4.69, 9.17) is 11.6 Å². The summed E-state index contributed by atoms with van der Waals surface area (Å²) in [7, 11) is 0. The summed E-state index contributed by atoms with van der Waals surface area (Å²) in [4.78, 5) is 21.2. The standard InChI is InChI=1S/C15H9ClFN5OS/c1-24-15-19-14-18-7-9-12(22(14)20-15)4-5-21(13(9)23)8-2-3-11(17)10(16)6-8/h2-7H,1H3. The zero-order valence-electron chi connectivity index (χ0n) is 12.3. The second-order valence-corrected chi connectivity index (χ2v) is 6.14. The zero-order valence-corrected chi connectivity index (χ0v) is 13.8. The van der Waals surface area contributed by atoms with E-state index >= 15 is 0 Å². The van der Waals surface area contributed by atoms with Crippen molar-refractivity contribution in [2.45, 2.75) is 5.16 Å². The Kier molecular flexibility index (Phi) is 3.50. The van der Waals surface area contributed by atoms with Crippen molar-refractivity contribution in [1.82, 2.24) is 24.1 Å². The molecular formula is C15H9ClFN5OS. The van der Waals surface area contributed by atoms with Crippen LogP contribution in [0.25, 0.3) is 22.4 Å². The molecule has 1 aromatic carbocycles. The summed E-state index contributed by atoms with van der Waals surface area (Å²) in [6.07, 6.45) is 4.92. The number of hydrogen-bond acceptors (Lipinski definition) is 5. The molecule has 0 fully saturated rings. The van der Waals surface area contributed by atoms with Crippen molar-refractivity contribution in [2.75, 3.05) is 6.26 Å². The highest BCUT2D eigenvalue weighted by Gasteiger charge is 2.12. The first kappa shape index (κ1) is 15.1. The molecule has 3 heterocycles. The van der Waals surface area contributed by atoms with E-state index in [1.807, 2.05) is 6.26 Å². The van der Waals surface area contributed by atoms with Crippen LogP contribution in [0.4, 0.5) is 4.39 Å². The molecule has 0 radical (unpaired) electrons. The van der Waals surface area contributed by atoms with E-state index in [0.717, 1.165) is 0 Å². The highest BCUT2D eigenvalue weighted by atomic mass is 35.5. The van der Waals surface area contributed by atoms with Crippen LogP contribution in [-0.2, 0) is 0 Å². The Bertz CT molecular complexity index is 1160. The predicted molar refractivity (Wildman–Crippen MR) is 90.6 cm³/mol. The Morgan fingerprint density at radius 2 is 2.12 bits per heavy atom. The third kappa shape index (κ3) is 2.26. The first-order chi connectivity index (χ1) is 11.6. The summed E-state index contributed by atoms with van der Waals surface area (Å²) in [6, 6.07) is 5.85. The Hall–Kier alpha value is -2.45. The monoisotopic (exact) mass is 361 g/mol. The molecule has 0 unspecified atom stereocenters. The first-order valence-corrected chi connectivity index (χ1v) is 8.45. The van der Waals surface area contributed by atoms with Crippen LogP contribution in [0, 0.1) is 5.82 Å². The highest BCUT2D eigenvalue weighted by Crippen LogP contribution is 2.19. The molecule has 0 aliphatic heterocycles. The van der Waals surface area contributed by atoms with Crippen LogP contribution in [-0.4, -0.2) is 30.4 Å². The average Bonchev–Trinajstić information content (AvgIpc) is 3.01. The first-order valence-electron chi connectivity index (χ1n) is 6.85. The Balaban J connectivity index is 1.99. The molecule has 0 aliphatic rings. The van der Waals surface area contributed by atoms with E-state index in [0.29, 0.717) is 27.5 Å². The number of halogens is 2. The normalized spacial score (nSPS) is 11.5. The number of pyridine rings is 1. The third-order valence-electron chi connectivity index (χ3n) is 3.58. The lowest BCUT2D eigenvalue weighted by molar-refractivity contribution is 0.627. The molecule has 120 valence electrons. The van der Waals surface area contributed by atoms with Gasteiger partial charge in [-0.3, -0.25) is 9.36 Å². The molecule has 0 saturated carbocycles. The maximum atomic E-state index is 13.3. The van der Waals surface area contributed by atoms with Gasteiger partial charge < -0.3 is 0 Å². The fourth-order valence-corrected chi connectivity index (χ4v) is 2.94. The van der Waals surface area contributed by atoms with Gasteiger partial charge in [-0.2, -0.15) is 9.50 Å². The van der Waals surface area contributed by atoms with Gasteiger partial charge in [0.25, 0.3) is 11.3 Å². The molecule has 0 spiro atoms. The zero-order chi connectivity index (χ0) is 16.8. The SMILES string of the molecule is CSc1nc2ncc3c(=O)n(-c4ccc(F)c(Cl)c4)ccc3n2n1. The number of hydrogen-bond donors (Lipinski definition) is 0. The van der Waals surface area contributed by atoms with Gasteiger partial charge in [-0.25, -0.2) is 9.37 Å². The van der Waals surface area contributed by atoms with Crippen LogP contribution in [0.5, 0.6) is 0 Å². The summed E-state index contributed by atoms with van der Waals surface area (Å²) < 4.78 is 16.2. The fraction of sp³-hybridized carbons (Fsp3) is 0.0667. The molecule has 0 saturated heterocycles. The summed E-state index contributed by atoms with van der Waals surface area (Å²) in [5.41, 5.74) is 0.768. The number of rotatable bonds is 2. The minimum atomic E-state index is -0.537. The number of thioether (sulfide) groups is 1. The van der Waals surface area contributed by atoms with E-state index in [-0.39, 0.29) is 10.6 Å². The quantitative estimate of drug-likeness (QED) is 0.514. The van der Waals surface area contributed by atoms with Crippen LogP contribution < -0.4 is 5.56 Å². The average molecular weight is 362 g/mol. The van der Waals surface area contributed by atoms with Gasteiger partial charge in [-0.05, 0) is 30.5 Å². The summed E-state index contributed by atoms with van der Waals surface area (Å²) in [6.45, 7) is 0. The van der Waals surface area contributed by atoms with Crippen molar-refractivity contribution in [3.8, 4) is 5.69 Å². The molecule has 6 nitrogen and oxygen atoms in total. The second-order valence-electron chi connectivity index (χ2n) is 4.96. The van der Waals surface area contributed by atoms with E-state index in [1.54, 1.807) is 12.3 Å². The molecule has 0 bridgehead atoms. The van der Waals surface area contributed by atoms with Crippen LogP contribution in [0.3, 0.4) is 0 Å². The van der Waals surface area contributed by atoms with E-state index in [2.05, 4.69) is 15.1 Å². The molecule has 4 aromatic rings. The number of nitrogens with zero attached hydrogens (tertiary/aromatic N) is 5. The Morgan fingerprint density at radius 1 is 1.29 bits per heavy atom. The molecule has 9 heteroatoms. The molecule has 0 aliphatic carbocycles. The van der Waals surface area contributed by atoms with Crippen LogP contribution in [0.15, 0.2) is 46.6 Å². The van der Waals surface area contributed by atoms with E-state index < -0.39 is 5.82 Å². The van der Waals surface area contributed by atoms with Crippen molar-refractivity contribution < 1.29 is 4.39 Å². The van der Waals surface area contributed by atoms with Crippen LogP contribution in [0.1, 0.15) is 0 Å². The van der Waals surface area contributed by atoms with Crippen molar-refractivity contribution in [1.29, 1.82) is 0 Å². The van der Waals surface area contributed by atoms with Gasteiger partial charge in [0, 0.05) is 12.4 Å². The third-order valence-corrected chi connectivity index (χ3v) is 4.41. The second kappa shape index (κ2) is 5.57. The smallest absolute Gasteiger partial charge is 0.266 e. The van der Waals surface area contributed by atoms with Crippen molar-refractivity contribution in [2.24, 2.45) is 0 Å². The molecule has 0 N–H and O–H groups in total. The maximum Gasteiger partial charge on any atom is 0.266 e. The molecule has 0 atom stereocenters. The van der Waals surface area contributed by atoms with Gasteiger partial charge in [0.1, 0.15) is 5.82 Å². The fourth-order valence-electron chi connectivity index (χ4n) is 2.43. The largest absolute Gasteiger partial charge is 0.284 e. The predicted octanol–water partition coefficient (Wildman–Crippen LogP) is 2.94. The number of aromatic nitrogens is 5. The van der Waals surface area contributed by atoms with Crippen molar-refractivity contribution in [3.63, 3.8) is 0 Å². The minimum absolute atomic E-state index is 0.0473. The van der Waals surface area contributed by atoms with E-state index in [1.165, 1.54) is 45.2 Å². The Labute approximate surface area is 143 Å². The molecule has 0 amide bonds. The van der Waals surface area contributed by atoms with Gasteiger partial charge in [0.05, 0.1) is 21.6 Å².